The van der Waals surface area contributed by atoms with Crippen molar-refractivity contribution in [1.82, 2.24) is 14.8 Å². The van der Waals surface area contributed by atoms with Gasteiger partial charge >= 0.3 is 0 Å². The number of carbonyl (C=O) groups excluding carboxylic acids is 1. The molecule has 1 aliphatic heterocycles. The second kappa shape index (κ2) is 10.8. The highest BCUT2D eigenvalue weighted by Gasteiger charge is 2.28. The summed E-state index contributed by atoms with van der Waals surface area (Å²) >= 11 is 1.40. The standard InChI is InChI=1S/C27H27N5O2S/c1-20-10-8-9-15-23(20)32-26(31-16-18-34-19-17-31)29-30-27(32)35-24(21-11-4-2-5-12-21)25(33)28-22-13-6-3-7-14-22/h2-15,24H,16-19H2,1H3,(H,28,33). The van der Waals surface area contributed by atoms with Gasteiger partial charge in [-0.25, -0.2) is 0 Å². The molecule has 3 aromatic carbocycles. The lowest BCUT2D eigenvalue weighted by atomic mass is 10.1. The first-order chi connectivity index (χ1) is 17.2. The van der Waals surface area contributed by atoms with Gasteiger partial charge in [0.2, 0.25) is 11.9 Å². The van der Waals surface area contributed by atoms with Crippen LogP contribution < -0.4 is 10.2 Å². The zero-order valence-corrected chi connectivity index (χ0v) is 20.3. The highest BCUT2D eigenvalue weighted by molar-refractivity contribution is 8.00. The molecule has 0 aliphatic carbocycles. The van der Waals surface area contributed by atoms with Crippen LogP contribution in [0.2, 0.25) is 0 Å². The van der Waals surface area contributed by atoms with Gasteiger partial charge in [0, 0.05) is 18.8 Å². The first-order valence-electron chi connectivity index (χ1n) is 11.6. The summed E-state index contributed by atoms with van der Waals surface area (Å²) in [5.74, 6) is 0.653. The smallest absolute Gasteiger partial charge is 0.242 e. The molecule has 1 N–H and O–H groups in total. The summed E-state index contributed by atoms with van der Waals surface area (Å²) in [6.45, 7) is 4.85. The van der Waals surface area contributed by atoms with E-state index in [0.29, 0.717) is 18.4 Å². The molecule has 4 aromatic rings. The predicted octanol–water partition coefficient (Wildman–Crippen LogP) is 4.88. The van der Waals surface area contributed by atoms with Gasteiger partial charge in [-0.05, 0) is 36.2 Å². The Morgan fingerprint density at radius 1 is 0.914 bits per heavy atom. The lowest BCUT2D eigenvalue weighted by molar-refractivity contribution is -0.115. The Balaban J connectivity index is 1.54. The van der Waals surface area contributed by atoms with Gasteiger partial charge in [-0.3, -0.25) is 9.36 Å². The Morgan fingerprint density at radius 3 is 2.29 bits per heavy atom. The third-order valence-electron chi connectivity index (χ3n) is 5.87. The summed E-state index contributed by atoms with van der Waals surface area (Å²) in [7, 11) is 0. The zero-order chi connectivity index (χ0) is 24.0. The van der Waals surface area contributed by atoms with E-state index in [1.807, 2.05) is 72.8 Å². The van der Waals surface area contributed by atoms with Gasteiger partial charge < -0.3 is 15.0 Å². The fourth-order valence-electron chi connectivity index (χ4n) is 4.07. The van der Waals surface area contributed by atoms with Crippen molar-refractivity contribution < 1.29 is 9.53 Å². The second-order valence-corrected chi connectivity index (χ2v) is 9.34. The first-order valence-corrected chi connectivity index (χ1v) is 12.5. The molecule has 1 unspecified atom stereocenters. The van der Waals surface area contributed by atoms with Crippen LogP contribution in [-0.2, 0) is 9.53 Å². The Morgan fingerprint density at radius 2 is 1.57 bits per heavy atom. The molecule has 1 amide bonds. The Labute approximate surface area is 209 Å². The number of aryl methyl sites for hydroxylation is 1. The average molecular weight is 486 g/mol. The van der Waals surface area contributed by atoms with Crippen LogP contribution in [0, 0.1) is 6.92 Å². The number of nitrogens with one attached hydrogen (secondary N) is 1. The van der Waals surface area contributed by atoms with E-state index in [4.69, 9.17) is 4.74 Å². The molecule has 7 nitrogen and oxygen atoms in total. The van der Waals surface area contributed by atoms with Gasteiger partial charge in [0.15, 0.2) is 5.16 Å². The van der Waals surface area contributed by atoms with E-state index in [0.717, 1.165) is 41.5 Å². The van der Waals surface area contributed by atoms with Crippen LogP contribution >= 0.6 is 11.8 Å². The molecule has 8 heteroatoms. The quantitative estimate of drug-likeness (QED) is 0.376. The van der Waals surface area contributed by atoms with E-state index in [1.165, 1.54) is 11.8 Å². The van der Waals surface area contributed by atoms with Crippen molar-refractivity contribution in [3.05, 3.63) is 96.1 Å². The molecule has 1 aromatic heterocycles. The van der Waals surface area contributed by atoms with Crippen molar-refractivity contribution in [2.24, 2.45) is 0 Å². The number of benzene rings is 3. The summed E-state index contributed by atoms with van der Waals surface area (Å²) in [5, 5.41) is 12.4. The number of nitrogens with zero attached hydrogens (tertiary/aromatic N) is 4. The third kappa shape index (κ3) is 5.23. The van der Waals surface area contributed by atoms with E-state index in [1.54, 1.807) is 0 Å². The number of aromatic nitrogens is 3. The number of hydrogen-bond acceptors (Lipinski definition) is 6. The number of ether oxygens (including phenoxy) is 1. The predicted molar refractivity (Wildman–Crippen MR) is 139 cm³/mol. The molecule has 0 bridgehead atoms. The first kappa shape index (κ1) is 23.1. The van der Waals surface area contributed by atoms with Crippen LogP contribution in [0.15, 0.2) is 90.1 Å². The van der Waals surface area contributed by atoms with Crippen molar-refractivity contribution in [2.75, 3.05) is 36.5 Å². The fraction of sp³-hybridized carbons (Fsp3) is 0.222. The van der Waals surface area contributed by atoms with Gasteiger partial charge in [-0.15, -0.1) is 10.2 Å². The minimum Gasteiger partial charge on any atom is -0.378 e. The second-order valence-electron chi connectivity index (χ2n) is 8.27. The molecule has 0 spiro atoms. The molecule has 1 saturated heterocycles. The number of thioether (sulfide) groups is 1. The van der Waals surface area contributed by atoms with Crippen LogP contribution in [0.3, 0.4) is 0 Å². The van der Waals surface area contributed by atoms with Gasteiger partial charge in [0.25, 0.3) is 0 Å². The Bertz CT molecular complexity index is 1270. The molecule has 0 saturated carbocycles. The van der Waals surface area contributed by atoms with Gasteiger partial charge in [0.05, 0.1) is 18.9 Å². The molecule has 1 aliphatic rings. The average Bonchev–Trinajstić information content (AvgIpc) is 3.32. The normalized spacial score (nSPS) is 14.5. The number of amides is 1. The molecule has 2 heterocycles. The fourth-order valence-corrected chi connectivity index (χ4v) is 5.11. The van der Waals surface area contributed by atoms with Crippen LogP contribution in [-0.4, -0.2) is 47.0 Å². The van der Waals surface area contributed by atoms with Crippen molar-refractivity contribution in [3.63, 3.8) is 0 Å². The van der Waals surface area contributed by atoms with Gasteiger partial charge in [0.1, 0.15) is 5.25 Å². The maximum absolute atomic E-state index is 13.5. The summed E-state index contributed by atoms with van der Waals surface area (Å²) in [5.41, 5.74) is 3.76. The maximum atomic E-state index is 13.5. The zero-order valence-electron chi connectivity index (χ0n) is 19.5. The van der Waals surface area contributed by atoms with Crippen molar-refractivity contribution >= 4 is 29.3 Å². The number of anilines is 2. The summed E-state index contributed by atoms with van der Waals surface area (Å²) in [6, 6.07) is 27.5. The van der Waals surface area contributed by atoms with Crippen LogP contribution in [0.5, 0.6) is 0 Å². The van der Waals surface area contributed by atoms with Crippen molar-refractivity contribution in [1.29, 1.82) is 0 Å². The summed E-state index contributed by atoms with van der Waals surface area (Å²) in [4.78, 5) is 15.7. The summed E-state index contributed by atoms with van der Waals surface area (Å²) in [6.07, 6.45) is 0. The molecule has 0 radical (unpaired) electrons. The molecular weight excluding hydrogens is 458 g/mol. The molecular formula is C27H27N5O2S. The molecule has 5 rings (SSSR count). The SMILES string of the molecule is Cc1ccccc1-n1c(SC(C(=O)Nc2ccccc2)c2ccccc2)nnc1N1CCOCC1. The lowest BCUT2D eigenvalue weighted by Gasteiger charge is -2.28. The van der Waals surface area contributed by atoms with Crippen molar-refractivity contribution in [3.8, 4) is 5.69 Å². The number of hydrogen-bond donors (Lipinski definition) is 1. The highest BCUT2D eigenvalue weighted by Crippen LogP contribution is 2.38. The monoisotopic (exact) mass is 485 g/mol. The van der Waals surface area contributed by atoms with Crippen LogP contribution in [0.1, 0.15) is 16.4 Å². The maximum Gasteiger partial charge on any atom is 0.242 e. The largest absolute Gasteiger partial charge is 0.378 e. The van der Waals surface area contributed by atoms with Crippen LogP contribution in [0.4, 0.5) is 11.6 Å². The number of rotatable bonds is 7. The van der Waals surface area contributed by atoms with E-state index in [-0.39, 0.29) is 5.91 Å². The topological polar surface area (TPSA) is 72.3 Å². The van der Waals surface area contributed by atoms with Crippen LogP contribution in [0.25, 0.3) is 5.69 Å². The Hall–Kier alpha value is -3.62. The summed E-state index contributed by atoms with van der Waals surface area (Å²) < 4.78 is 7.62. The van der Waals surface area contributed by atoms with Gasteiger partial charge in [-0.2, -0.15) is 0 Å². The van der Waals surface area contributed by atoms with E-state index >= 15 is 0 Å². The lowest BCUT2D eigenvalue weighted by Crippen LogP contribution is -2.38. The Kier molecular flexibility index (Phi) is 7.11. The molecule has 178 valence electrons. The molecule has 1 fully saturated rings. The minimum atomic E-state index is -0.513. The third-order valence-corrected chi connectivity index (χ3v) is 7.07. The van der Waals surface area contributed by atoms with Gasteiger partial charge in [-0.1, -0.05) is 78.5 Å². The van der Waals surface area contributed by atoms with E-state index in [9.17, 15) is 4.79 Å². The van der Waals surface area contributed by atoms with E-state index in [2.05, 4.69) is 44.0 Å². The highest BCUT2D eigenvalue weighted by atomic mass is 32.2. The molecule has 1 atom stereocenters. The van der Waals surface area contributed by atoms with E-state index < -0.39 is 5.25 Å². The number of para-hydroxylation sites is 2. The number of morpholine rings is 1. The minimum absolute atomic E-state index is 0.111. The van der Waals surface area contributed by atoms with Crippen molar-refractivity contribution in [2.45, 2.75) is 17.3 Å². The number of carbonyl (C=O) groups is 1. The molecule has 35 heavy (non-hydrogen) atoms.